The highest BCUT2D eigenvalue weighted by Gasteiger charge is 2.31. The normalized spacial score (nSPS) is 15.6. The molecule has 0 aromatic heterocycles. The van der Waals surface area contributed by atoms with Crippen molar-refractivity contribution in [3.63, 3.8) is 0 Å². The number of fused-ring (bicyclic) bond motifs is 1. The lowest BCUT2D eigenvalue weighted by Crippen LogP contribution is -2.22. The first-order valence-corrected chi connectivity index (χ1v) is 10.3. The van der Waals surface area contributed by atoms with E-state index >= 15 is 0 Å². The van der Waals surface area contributed by atoms with E-state index in [4.69, 9.17) is 27.9 Å². The molecule has 4 rings (SSSR count). The number of amides is 2. The highest BCUT2D eigenvalue weighted by atomic mass is 35.5. The third-order valence-corrected chi connectivity index (χ3v) is 6.08. The lowest BCUT2D eigenvalue weighted by Gasteiger charge is -2.12. The van der Waals surface area contributed by atoms with Crippen molar-refractivity contribution in [2.75, 3.05) is 7.05 Å². The van der Waals surface area contributed by atoms with Crippen molar-refractivity contribution in [2.45, 2.75) is 6.61 Å². The number of ether oxygens (including phenoxy) is 1. The van der Waals surface area contributed by atoms with Gasteiger partial charge in [-0.05, 0) is 51.9 Å². The summed E-state index contributed by atoms with van der Waals surface area (Å²) < 4.78 is 5.92. The summed E-state index contributed by atoms with van der Waals surface area (Å²) in [7, 11) is 1.45. The largest absolute Gasteiger partial charge is 0.486 e. The van der Waals surface area contributed by atoms with Crippen molar-refractivity contribution in [2.24, 2.45) is 0 Å². The van der Waals surface area contributed by atoms with Gasteiger partial charge in [0.1, 0.15) is 6.61 Å². The Bertz CT molecular complexity index is 1150. The molecule has 0 N–H and O–H groups in total. The van der Waals surface area contributed by atoms with Crippen molar-refractivity contribution in [1.82, 2.24) is 4.90 Å². The van der Waals surface area contributed by atoms with Crippen molar-refractivity contribution in [3.8, 4) is 5.75 Å². The van der Waals surface area contributed by atoms with Crippen molar-refractivity contribution >= 4 is 63.0 Å². The predicted molar refractivity (Wildman–Crippen MR) is 118 cm³/mol. The minimum Gasteiger partial charge on any atom is -0.486 e. The van der Waals surface area contributed by atoms with Gasteiger partial charge in [0.25, 0.3) is 11.1 Å². The summed E-state index contributed by atoms with van der Waals surface area (Å²) in [6.07, 6.45) is 1.60. The number of imide groups is 1. The predicted octanol–water partition coefficient (Wildman–Crippen LogP) is 6.39. The number of hydrogen-bond acceptors (Lipinski definition) is 4. The Morgan fingerprint density at radius 3 is 2.41 bits per heavy atom. The van der Waals surface area contributed by atoms with Gasteiger partial charge in [0.15, 0.2) is 5.75 Å². The van der Waals surface area contributed by atoms with Gasteiger partial charge in [0.2, 0.25) is 0 Å². The van der Waals surface area contributed by atoms with Crippen LogP contribution in [0.15, 0.2) is 59.5 Å². The number of rotatable bonds is 4. The third kappa shape index (κ3) is 3.99. The molecule has 0 bridgehead atoms. The highest BCUT2D eigenvalue weighted by molar-refractivity contribution is 8.18. The van der Waals surface area contributed by atoms with Gasteiger partial charge in [-0.2, -0.15) is 0 Å². The Labute approximate surface area is 182 Å². The summed E-state index contributed by atoms with van der Waals surface area (Å²) in [5.74, 6) is 0.0329. The first-order chi connectivity index (χ1) is 13.9. The molecule has 7 heteroatoms. The van der Waals surface area contributed by atoms with E-state index in [9.17, 15) is 9.59 Å². The number of carbonyl (C=O) groups excluding carboxylic acids is 2. The van der Waals surface area contributed by atoms with Crippen LogP contribution in [-0.4, -0.2) is 23.1 Å². The maximum atomic E-state index is 12.0. The molecule has 0 spiro atoms. The molecule has 4 nitrogen and oxygen atoms in total. The molecule has 0 saturated carbocycles. The Balaban J connectivity index is 1.58. The van der Waals surface area contributed by atoms with Crippen LogP contribution in [0.2, 0.25) is 10.0 Å². The quantitative estimate of drug-likeness (QED) is 0.438. The molecular formula is C22H15Cl2NO3S. The number of hydrogen-bond donors (Lipinski definition) is 0. The second kappa shape index (κ2) is 8.11. The van der Waals surface area contributed by atoms with Gasteiger partial charge < -0.3 is 4.74 Å². The Morgan fingerprint density at radius 2 is 1.72 bits per heavy atom. The topological polar surface area (TPSA) is 46.6 Å². The van der Waals surface area contributed by atoms with Gasteiger partial charge in [-0.3, -0.25) is 14.5 Å². The van der Waals surface area contributed by atoms with Crippen LogP contribution in [0.1, 0.15) is 11.1 Å². The van der Waals surface area contributed by atoms with Gasteiger partial charge in [-0.15, -0.1) is 0 Å². The fourth-order valence-corrected chi connectivity index (χ4v) is 4.51. The lowest BCUT2D eigenvalue weighted by atomic mass is 10.1. The van der Waals surface area contributed by atoms with E-state index in [-0.39, 0.29) is 11.1 Å². The van der Waals surface area contributed by atoms with E-state index in [1.807, 2.05) is 42.5 Å². The monoisotopic (exact) mass is 443 g/mol. The standard InChI is InChI=1S/C22H15Cl2NO3S/c1-25-21(26)19(29-22(25)27)11-13-9-17(23)20(18(24)10-13)28-12-15-7-4-6-14-5-2-3-8-16(14)15/h2-11H,12H2,1H3/b19-11-. The van der Waals surface area contributed by atoms with E-state index in [1.165, 1.54) is 7.05 Å². The van der Waals surface area contributed by atoms with Gasteiger partial charge in [-0.25, -0.2) is 0 Å². The SMILES string of the molecule is CN1C(=O)S/C(=C\c2cc(Cl)c(OCc3cccc4ccccc34)c(Cl)c2)C1=O. The van der Waals surface area contributed by atoms with Crippen molar-refractivity contribution in [3.05, 3.63) is 80.7 Å². The van der Waals surface area contributed by atoms with Crippen LogP contribution in [0.25, 0.3) is 16.8 Å². The average molecular weight is 444 g/mol. The molecule has 1 aliphatic heterocycles. The van der Waals surface area contributed by atoms with Crippen molar-refractivity contribution < 1.29 is 14.3 Å². The molecule has 146 valence electrons. The summed E-state index contributed by atoms with van der Waals surface area (Å²) in [5.41, 5.74) is 1.65. The summed E-state index contributed by atoms with van der Waals surface area (Å²) in [4.78, 5) is 25.1. The lowest BCUT2D eigenvalue weighted by molar-refractivity contribution is -0.121. The van der Waals surface area contributed by atoms with Crippen LogP contribution in [-0.2, 0) is 11.4 Å². The van der Waals surface area contributed by atoms with E-state index < -0.39 is 0 Å². The van der Waals surface area contributed by atoms with E-state index in [2.05, 4.69) is 0 Å². The third-order valence-electron chi connectivity index (χ3n) is 4.56. The number of benzene rings is 3. The van der Waals surface area contributed by atoms with Gasteiger partial charge in [0.05, 0.1) is 15.0 Å². The Hall–Kier alpha value is -2.47. The number of likely N-dealkylation sites (N-methyl/N-ethyl adjacent to an activating group) is 1. The smallest absolute Gasteiger partial charge is 0.293 e. The van der Waals surface area contributed by atoms with Gasteiger partial charge in [0, 0.05) is 7.05 Å². The van der Waals surface area contributed by atoms with E-state index in [0.29, 0.717) is 32.9 Å². The summed E-state index contributed by atoms with van der Waals surface area (Å²) >= 11 is 13.7. The molecule has 1 saturated heterocycles. The molecule has 3 aromatic carbocycles. The highest BCUT2D eigenvalue weighted by Crippen LogP contribution is 2.37. The van der Waals surface area contributed by atoms with Crippen LogP contribution < -0.4 is 4.74 Å². The zero-order chi connectivity index (χ0) is 20.5. The summed E-state index contributed by atoms with van der Waals surface area (Å²) in [6, 6.07) is 17.4. The summed E-state index contributed by atoms with van der Waals surface area (Å²) in [6.45, 7) is 0.314. The zero-order valence-corrected chi connectivity index (χ0v) is 17.6. The number of nitrogens with zero attached hydrogens (tertiary/aromatic N) is 1. The maximum absolute atomic E-state index is 12.0. The summed E-state index contributed by atoms with van der Waals surface area (Å²) in [5, 5.41) is 2.59. The van der Waals surface area contributed by atoms with Crippen LogP contribution >= 0.6 is 35.0 Å². The van der Waals surface area contributed by atoms with Crippen LogP contribution in [0.4, 0.5) is 4.79 Å². The van der Waals surface area contributed by atoms with Crippen LogP contribution in [0, 0.1) is 0 Å². The Kier molecular flexibility index (Phi) is 5.54. The molecule has 1 fully saturated rings. The van der Waals surface area contributed by atoms with Gasteiger partial charge >= 0.3 is 0 Å². The van der Waals surface area contributed by atoms with Crippen molar-refractivity contribution in [1.29, 1.82) is 0 Å². The second-order valence-electron chi connectivity index (χ2n) is 6.48. The molecule has 2 amide bonds. The zero-order valence-electron chi connectivity index (χ0n) is 15.3. The molecule has 29 heavy (non-hydrogen) atoms. The molecule has 1 aliphatic rings. The molecular weight excluding hydrogens is 429 g/mol. The number of thioether (sulfide) groups is 1. The first-order valence-electron chi connectivity index (χ1n) is 8.74. The fourth-order valence-electron chi connectivity index (χ4n) is 3.07. The fraction of sp³-hybridized carbons (Fsp3) is 0.0909. The van der Waals surface area contributed by atoms with Gasteiger partial charge in [-0.1, -0.05) is 65.7 Å². The molecule has 1 heterocycles. The average Bonchev–Trinajstić information content (AvgIpc) is 2.94. The molecule has 0 unspecified atom stereocenters. The van der Waals surface area contributed by atoms with Crippen LogP contribution in [0.3, 0.4) is 0 Å². The molecule has 0 radical (unpaired) electrons. The van der Waals surface area contributed by atoms with E-state index in [1.54, 1.807) is 18.2 Å². The maximum Gasteiger partial charge on any atom is 0.293 e. The van der Waals surface area contributed by atoms with Crippen LogP contribution in [0.5, 0.6) is 5.75 Å². The number of halogens is 2. The minimum absolute atomic E-state index is 0.312. The molecule has 3 aromatic rings. The molecule has 0 aliphatic carbocycles. The minimum atomic E-state index is -0.344. The number of carbonyl (C=O) groups is 2. The van der Waals surface area contributed by atoms with E-state index in [0.717, 1.165) is 33.0 Å². The molecule has 0 atom stereocenters. The first kappa shape index (κ1) is 19.8. The second-order valence-corrected chi connectivity index (χ2v) is 8.29. The Morgan fingerprint density at radius 1 is 1.03 bits per heavy atom.